The Kier molecular flexibility index (Phi) is 5.37. The van der Waals surface area contributed by atoms with E-state index in [0.29, 0.717) is 22.3 Å². The molecule has 0 bridgehead atoms. The van der Waals surface area contributed by atoms with Gasteiger partial charge in [-0.15, -0.1) is 10.2 Å². The first-order valence-electron chi connectivity index (χ1n) is 8.70. The highest BCUT2D eigenvalue weighted by molar-refractivity contribution is 7.15. The summed E-state index contributed by atoms with van der Waals surface area (Å²) in [5.74, 6) is -0.693. The molecular weight excluding hydrogens is 413 g/mol. The number of carbonyl (C=O) groups is 1. The van der Waals surface area contributed by atoms with Crippen molar-refractivity contribution in [2.45, 2.75) is 13.3 Å². The van der Waals surface area contributed by atoms with Gasteiger partial charge < -0.3 is 0 Å². The van der Waals surface area contributed by atoms with Crippen LogP contribution in [0.1, 0.15) is 26.6 Å². The number of halogens is 2. The van der Waals surface area contributed by atoms with Crippen LogP contribution < -0.4 is 5.32 Å². The van der Waals surface area contributed by atoms with Crippen molar-refractivity contribution < 1.29 is 9.18 Å². The Bertz CT molecular complexity index is 1160. The molecule has 0 aliphatic carbocycles. The molecule has 9 heteroatoms. The van der Waals surface area contributed by atoms with Crippen LogP contribution in [0.2, 0.25) is 5.15 Å². The molecule has 2 aromatic heterocycles. The Balaban J connectivity index is 1.51. The van der Waals surface area contributed by atoms with Crippen LogP contribution in [-0.2, 0) is 6.42 Å². The van der Waals surface area contributed by atoms with Crippen LogP contribution in [0.3, 0.4) is 0 Å². The SMILES string of the molecule is Cc1nn(-c2ccccc2)c(Cl)c1C(=O)Nc1nnc(Cc2ccc(F)cc2)s1. The number of amides is 1. The van der Waals surface area contributed by atoms with Gasteiger partial charge in [-0.1, -0.05) is 53.3 Å². The van der Waals surface area contributed by atoms with E-state index in [4.69, 9.17) is 11.6 Å². The number of rotatable bonds is 5. The molecule has 0 unspecified atom stereocenters. The molecule has 2 aromatic carbocycles. The highest BCUT2D eigenvalue weighted by atomic mass is 35.5. The highest BCUT2D eigenvalue weighted by Gasteiger charge is 2.22. The summed E-state index contributed by atoms with van der Waals surface area (Å²) in [5, 5.41) is 16.5. The van der Waals surface area contributed by atoms with Crippen molar-refractivity contribution in [3.8, 4) is 5.69 Å². The Morgan fingerprint density at radius 1 is 1.14 bits per heavy atom. The van der Waals surface area contributed by atoms with Crippen LogP contribution in [0, 0.1) is 12.7 Å². The molecule has 2 heterocycles. The van der Waals surface area contributed by atoms with Crippen molar-refractivity contribution in [3.05, 3.63) is 87.4 Å². The van der Waals surface area contributed by atoms with Gasteiger partial charge in [0.2, 0.25) is 5.13 Å². The summed E-state index contributed by atoms with van der Waals surface area (Å²) >= 11 is 7.68. The van der Waals surface area contributed by atoms with Gasteiger partial charge in [0.05, 0.1) is 11.4 Å². The lowest BCUT2D eigenvalue weighted by Gasteiger charge is -2.03. The van der Waals surface area contributed by atoms with Gasteiger partial charge in [-0.2, -0.15) is 5.10 Å². The molecule has 0 saturated carbocycles. The second kappa shape index (κ2) is 8.10. The Morgan fingerprint density at radius 2 is 1.86 bits per heavy atom. The monoisotopic (exact) mass is 427 g/mol. The second-order valence-electron chi connectivity index (χ2n) is 6.26. The lowest BCUT2D eigenvalue weighted by atomic mass is 10.2. The van der Waals surface area contributed by atoms with E-state index in [2.05, 4.69) is 20.6 Å². The molecule has 0 radical (unpaired) electrons. The van der Waals surface area contributed by atoms with Crippen LogP contribution >= 0.6 is 22.9 Å². The predicted molar refractivity (Wildman–Crippen MR) is 110 cm³/mol. The van der Waals surface area contributed by atoms with Crippen molar-refractivity contribution in [2.75, 3.05) is 5.32 Å². The first-order valence-corrected chi connectivity index (χ1v) is 9.89. The van der Waals surface area contributed by atoms with Gasteiger partial charge in [0.15, 0.2) is 0 Å². The highest BCUT2D eigenvalue weighted by Crippen LogP contribution is 2.25. The minimum atomic E-state index is -0.404. The Hall–Kier alpha value is -3.10. The van der Waals surface area contributed by atoms with Crippen LogP contribution in [0.5, 0.6) is 0 Å². The summed E-state index contributed by atoms with van der Waals surface area (Å²) in [4.78, 5) is 12.8. The van der Waals surface area contributed by atoms with Gasteiger partial charge in [0, 0.05) is 6.42 Å². The van der Waals surface area contributed by atoms with Crippen LogP contribution in [0.4, 0.5) is 9.52 Å². The van der Waals surface area contributed by atoms with Crippen LogP contribution in [-0.4, -0.2) is 25.9 Å². The number of nitrogens with one attached hydrogen (secondary N) is 1. The maximum atomic E-state index is 13.0. The van der Waals surface area contributed by atoms with Gasteiger partial charge in [0.25, 0.3) is 5.91 Å². The second-order valence-corrected chi connectivity index (χ2v) is 7.68. The van der Waals surface area contributed by atoms with E-state index in [1.165, 1.54) is 28.2 Å². The predicted octanol–water partition coefficient (Wildman–Crippen LogP) is 4.67. The first-order chi connectivity index (χ1) is 14.0. The Labute approximate surface area is 175 Å². The third kappa shape index (κ3) is 4.18. The zero-order chi connectivity index (χ0) is 20.4. The fourth-order valence-corrected chi connectivity index (χ4v) is 3.94. The maximum Gasteiger partial charge on any atom is 0.262 e. The molecule has 1 N–H and O–H groups in total. The molecule has 4 aromatic rings. The number of benzene rings is 2. The number of anilines is 1. The standard InChI is InChI=1S/C20H15ClFN5OS/c1-12-17(18(21)27(26-12)15-5-3-2-4-6-15)19(28)23-20-25-24-16(29-20)11-13-7-9-14(22)10-8-13/h2-10H,11H2,1H3,(H,23,25,28). The molecule has 1 amide bonds. The molecule has 146 valence electrons. The third-order valence-electron chi connectivity index (χ3n) is 4.19. The number of aromatic nitrogens is 4. The number of hydrogen-bond donors (Lipinski definition) is 1. The molecule has 0 aliphatic rings. The van der Waals surface area contributed by atoms with Gasteiger partial charge in [0.1, 0.15) is 21.5 Å². The molecule has 4 rings (SSSR count). The van der Waals surface area contributed by atoms with E-state index in [0.717, 1.165) is 11.3 Å². The summed E-state index contributed by atoms with van der Waals surface area (Å²) in [7, 11) is 0. The average Bonchev–Trinajstić information content (AvgIpc) is 3.27. The van der Waals surface area contributed by atoms with Crippen molar-refractivity contribution >= 4 is 34.0 Å². The average molecular weight is 428 g/mol. The normalized spacial score (nSPS) is 10.9. The molecule has 6 nitrogen and oxygen atoms in total. The van der Waals surface area contributed by atoms with E-state index >= 15 is 0 Å². The van der Waals surface area contributed by atoms with Gasteiger partial charge in [-0.05, 0) is 36.8 Å². The van der Waals surface area contributed by atoms with E-state index in [9.17, 15) is 9.18 Å². The van der Waals surface area contributed by atoms with E-state index in [1.807, 2.05) is 30.3 Å². The minimum absolute atomic E-state index is 0.224. The summed E-state index contributed by atoms with van der Waals surface area (Å²) in [6, 6.07) is 15.5. The molecule has 0 saturated heterocycles. The van der Waals surface area contributed by atoms with Gasteiger partial charge >= 0.3 is 0 Å². The van der Waals surface area contributed by atoms with E-state index in [1.54, 1.807) is 19.1 Å². The zero-order valence-electron chi connectivity index (χ0n) is 15.3. The third-order valence-corrected chi connectivity index (χ3v) is 5.38. The molecule has 0 fully saturated rings. The smallest absolute Gasteiger partial charge is 0.262 e. The number of para-hydroxylation sites is 1. The number of aryl methyl sites for hydroxylation is 1. The molecular formula is C20H15ClFN5OS. The van der Waals surface area contributed by atoms with Crippen molar-refractivity contribution in [2.24, 2.45) is 0 Å². The maximum absolute atomic E-state index is 13.0. The quantitative estimate of drug-likeness (QED) is 0.502. The van der Waals surface area contributed by atoms with Gasteiger partial charge in [-0.25, -0.2) is 9.07 Å². The van der Waals surface area contributed by atoms with E-state index in [-0.39, 0.29) is 16.5 Å². The molecule has 0 atom stereocenters. The fraction of sp³-hybridized carbons (Fsp3) is 0.100. The summed E-state index contributed by atoms with van der Waals surface area (Å²) < 4.78 is 14.5. The number of nitrogens with zero attached hydrogens (tertiary/aromatic N) is 4. The molecule has 0 aliphatic heterocycles. The Morgan fingerprint density at radius 3 is 2.59 bits per heavy atom. The molecule has 0 spiro atoms. The van der Waals surface area contributed by atoms with Crippen molar-refractivity contribution in [3.63, 3.8) is 0 Å². The lowest BCUT2D eigenvalue weighted by Crippen LogP contribution is -2.13. The summed E-state index contributed by atoms with van der Waals surface area (Å²) in [6.45, 7) is 1.72. The first kappa shape index (κ1) is 19.2. The largest absolute Gasteiger partial charge is 0.296 e. The lowest BCUT2D eigenvalue weighted by molar-refractivity contribution is 0.102. The van der Waals surface area contributed by atoms with E-state index < -0.39 is 5.91 Å². The zero-order valence-corrected chi connectivity index (χ0v) is 16.8. The fourth-order valence-electron chi connectivity index (χ4n) is 2.81. The minimum Gasteiger partial charge on any atom is -0.296 e. The topological polar surface area (TPSA) is 72.7 Å². The number of hydrogen-bond acceptors (Lipinski definition) is 5. The van der Waals surface area contributed by atoms with Gasteiger partial charge in [-0.3, -0.25) is 10.1 Å². The van der Waals surface area contributed by atoms with Crippen LogP contribution in [0.25, 0.3) is 5.69 Å². The van der Waals surface area contributed by atoms with Crippen molar-refractivity contribution in [1.82, 2.24) is 20.0 Å². The summed E-state index contributed by atoms with van der Waals surface area (Å²) in [6.07, 6.45) is 0.500. The van der Waals surface area contributed by atoms with Crippen LogP contribution in [0.15, 0.2) is 54.6 Å². The molecule has 29 heavy (non-hydrogen) atoms. The van der Waals surface area contributed by atoms with Crippen molar-refractivity contribution in [1.29, 1.82) is 0 Å². The number of carbonyl (C=O) groups excluding carboxylic acids is 1. The summed E-state index contributed by atoms with van der Waals surface area (Å²) in [5.41, 5.74) is 2.46.